The van der Waals surface area contributed by atoms with Gasteiger partial charge in [-0.2, -0.15) is 0 Å². The van der Waals surface area contributed by atoms with Gasteiger partial charge in [0.25, 0.3) is 11.9 Å². The molecule has 3 rings (SSSR count). The van der Waals surface area contributed by atoms with Crippen LogP contribution in [0, 0.1) is 0 Å². The van der Waals surface area contributed by atoms with E-state index in [0.717, 1.165) is 24.1 Å². The fourth-order valence-corrected chi connectivity index (χ4v) is 2.87. The minimum atomic E-state index is -0.540. The van der Waals surface area contributed by atoms with Crippen LogP contribution in [0.15, 0.2) is 46.3 Å². The lowest BCUT2D eigenvalue weighted by atomic mass is 10.0. The standard InChI is InChI=1S/C17H21N5O3/c1-24-15-8-20-13(16(18)23)9-22(15)14-5-3-2-4-11(14)6-7-12-10-25-17(19)21-12/h2-5,8,12H,6-7,9-10H2,1H3,(H2,18,23)(H2,19,21). The van der Waals surface area contributed by atoms with Crippen LogP contribution in [0.2, 0.25) is 0 Å². The molecule has 1 atom stereocenters. The van der Waals surface area contributed by atoms with Crippen molar-refractivity contribution in [2.45, 2.75) is 18.9 Å². The van der Waals surface area contributed by atoms with Gasteiger partial charge in [0.05, 0.1) is 25.9 Å². The molecule has 2 aliphatic rings. The van der Waals surface area contributed by atoms with Crippen LogP contribution in [0.5, 0.6) is 0 Å². The number of primary amides is 1. The lowest BCUT2D eigenvalue weighted by molar-refractivity contribution is -0.112. The maximum absolute atomic E-state index is 11.5. The molecule has 0 radical (unpaired) electrons. The molecule has 0 saturated heterocycles. The molecule has 1 aromatic rings. The van der Waals surface area contributed by atoms with Gasteiger partial charge in [-0.15, -0.1) is 0 Å². The third-order valence-corrected chi connectivity index (χ3v) is 4.16. The SMILES string of the molecule is COC1=CN=C(C(N)=O)CN1c1ccccc1CCC1COC(N)=N1. The summed E-state index contributed by atoms with van der Waals surface area (Å²) in [5, 5.41) is 0. The van der Waals surface area contributed by atoms with E-state index in [-0.39, 0.29) is 24.3 Å². The first-order valence-electron chi connectivity index (χ1n) is 8.00. The van der Waals surface area contributed by atoms with E-state index in [1.165, 1.54) is 6.20 Å². The van der Waals surface area contributed by atoms with E-state index in [2.05, 4.69) is 9.98 Å². The number of anilines is 1. The molecule has 0 spiro atoms. The van der Waals surface area contributed by atoms with Gasteiger partial charge in [0.15, 0.2) is 0 Å². The predicted octanol–water partition coefficient (Wildman–Crippen LogP) is 0.524. The van der Waals surface area contributed by atoms with Gasteiger partial charge < -0.3 is 25.8 Å². The van der Waals surface area contributed by atoms with E-state index in [1.807, 2.05) is 29.2 Å². The Hall–Kier alpha value is -3.03. The van der Waals surface area contributed by atoms with Crippen molar-refractivity contribution in [2.75, 3.05) is 25.2 Å². The highest BCUT2D eigenvalue weighted by Crippen LogP contribution is 2.28. The molecule has 1 aromatic carbocycles. The van der Waals surface area contributed by atoms with Crippen LogP contribution in [0.4, 0.5) is 5.69 Å². The number of benzene rings is 1. The Morgan fingerprint density at radius 1 is 1.44 bits per heavy atom. The molecule has 0 saturated carbocycles. The van der Waals surface area contributed by atoms with Gasteiger partial charge in [-0.25, -0.2) is 9.98 Å². The number of aliphatic imine (C=N–C) groups is 2. The Balaban J connectivity index is 1.81. The molecule has 2 aliphatic heterocycles. The molecule has 8 heteroatoms. The summed E-state index contributed by atoms with van der Waals surface area (Å²) in [6.45, 7) is 0.781. The van der Waals surface area contributed by atoms with Gasteiger partial charge in [0, 0.05) is 5.69 Å². The van der Waals surface area contributed by atoms with E-state index in [0.29, 0.717) is 12.5 Å². The Morgan fingerprint density at radius 3 is 2.92 bits per heavy atom. The minimum Gasteiger partial charge on any atom is -0.481 e. The first kappa shape index (κ1) is 16.8. The molecule has 0 aliphatic carbocycles. The second-order valence-corrected chi connectivity index (χ2v) is 5.80. The number of amides is 1. The molecule has 132 valence electrons. The number of hydrogen-bond donors (Lipinski definition) is 2. The Labute approximate surface area is 145 Å². The molecule has 0 fully saturated rings. The number of ether oxygens (including phenoxy) is 2. The van der Waals surface area contributed by atoms with Crippen LogP contribution >= 0.6 is 0 Å². The normalized spacial score (nSPS) is 19.6. The highest BCUT2D eigenvalue weighted by molar-refractivity contribution is 6.40. The first-order chi connectivity index (χ1) is 12.1. The maximum atomic E-state index is 11.5. The van der Waals surface area contributed by atoms with E-state index >= 15 is 0 Å². The molecule has 4 N–H and O–H groups in total. The average molecular weight is 343 g/mol. The van der Waals surface area contributed by atoms with Crippen LogP contribution in [0.1, 0.15) is 12.0 Å². The number of carbonyl (C=O) groups is 1. The summed E-state index contributed by atoms with van der Waals surface area (Å²) in [4.78, 5) is 21.7. The molecule has 0 bridgehead atoms. The van der Waals surface area contributed by atoms with Gasteiger partial charge in [-0.1, -0.05) is 18.2 Å². The van der Waals surface area contributed by atoms with E-state index in [4.69, 9.17) is 20.9 Å². The highest BCUT2D eigenvalue weighted by atomic mass is 16.5. The second-order valence-electron chi connectivity index (χ2n) is 5.80. The largest absolute Gasteiger partial charge is 0.481 e. The topological polar surface area (TPSA) is 116 Å². The van der Waals surface area contributed by atoms with Gasteiger partial charge in [0.2, 0.25) is 5.88 Å². The van der Waals surface area contributed by atoms with Crippen LogP contribution in [0.25, 0.3) is 0 Å². The zero-order chi connectivity index (χ0) is 17.8. The summed E-state index contributed by atoms with van der Waals surface area (Å²) in [6.07, 6.45) is 3.11. The van der Waals surface area contributed by atoms with Crippen molar-refractivity contribution in [3.63, 3.8) is 0 Å². The molecule has 25 heavy (non-hydrogen) atoms. The van der Waals surface area contributed by atoms with Gasteiger partial charge >= 0.3 is 0 Å². The van der Waals surface area contributed by atoms with Gasteiger partial charge in [-0.3, -0.25) is 4.79 Å². The number of carbonyl (C=O) groups excluding carboxylic acids is 1. The van der Waals surface area contributed by atoms with Crippen LogP contribution < -0.4 is 16.4 Å². The molecular formula is C17H21N5O3. The quantitative estimate of drug-likeness (QED) is 0.781. The smallest absolute Gasteiger partial charge is 0.282 e. The van der Waals surface area contributed by atoms with Crippen LogP contribution in [0.3, 0.4) is 0 Å². The number of methoxy groups -OCH3 is 1. The summed E-state index contributed by atoms with van der Waals surface area (Å²) in [5.74, 6) is 0.0192. The third kappa shape index (κ3) is 3.73. The monoisotopic (exact) mass is 343 g/mol. The average Bonchev–Trinajstić information content (AvgIpc) is 3.05. The van der Waals surface area contributed by atoms with Crippen molar-refractivity contribution in [2.24, 2.45) is 21.5 Å². The lowest BCUT2D eigenvalue weighted by Crippen LogP contribution is -2.39. The van der Waals surface area contributed by atoms with E-state index in [9.17, 15) is 4.79 Å². The molecular weight excluding hydrogens is 322 g/mol. The fraction of sp³-hybridized carbons (Fsp3) is 0.353. The van der Waals surface area contributed by atoms with Crippen molar-refractivity contribution in [1.82, 2.24) is 0 Å². The summed E-state index contributed by atoms with van der Waals surface area (Å²) < 4.78 is 10.6. The summed E-state index contributed by atoms with van der Waals surface area (Å²) in [6, 6.07) is 8.26. The van der Waals surface area contributed by atoms with E-state index < -0.39 is 5.91 Å². The molecule has 1 amide bonds. The molecule has 8 nitrogen and oxygen atoms in total. The minimum absolute atomic E-state index is 0.0644. The molecule has 2 heterocycles. The van der Waals surface area contributed by atoms with Crippen LogP contribution in [-0.2, 0) is 20.7 Å². The third-order valence-electron chi connectivity index (χ3n) is 4.16. The van der Waals surface area contributed by atoms with Crippen molar-refractivity contribution in [1.29, 1.82) is 0 Å². The van der Waals surface area contributed by atoms with Crippen molar-refractivity contribution in [3.05, 3.63) is 41.9 Å². The molecule has 1 unspecified atom stereocenters. The zero-order valence-corrected chi connectivity index (χ0v) is 14.0. The highest BCUT2D eigenvalue weighted by Gasteiger charge is 2.24. The number of aryl methyl sites for hydroxylation is 1. The maximum Gasteiger partial charge on any atom is 0.282 e. The number of nitrogens with two attached hydrogens (primary N) is 2. The number of hydrogen-bond acceptors (Lipinski definition) is 7. The number of rotatable bonds is 6. The Morgan fingerprint density at radius 2 is 2.24 bits per heavy atom. The van der Waals surface area contributed by atoms with Crippen molar-refractivity contribution in [3.8, 4) is 0 Å². The zero-order valence-electron chi connectivity index (χ0n) is 14.0. The second kappa shape index (κ2) is 7.25. The van der Waals surface area contributed by atoms with Crippen LogP contribution in [-0.4, -0.2) is 43.9 Å². The molecule has 0 aromatic heterocycles. The van der Waals surface area contributed by atoms with Gasteiger partial charge in [0.1, 0.15) is 12.3 Å². The summed E-state index contributed by atoms with van der Waals surface area (Å²) >= 11 is 0. The first-order valence-corrected chi connectivity index (χ1v) is 8.00. The number of amidine groups is 1. The Bertz CT molecular complexity index is 756. The summed E-state index contributed by atoms with van der Waals surface area (Å²) in [7, 11) is 1.57. The Kier molecular flexibility index (Phi) is 4.87. The van der Waals surface area contributed by atoms with Crippen molar-refractivity contribution < 1.29 is 14.3 Å². The lowest BCUT2D eigenvalue weighted by Gasteiger charge is -2.30. The number of para-hydroxylation sites is 1. The summed E-state index contributed by atoms with van der Waals surface area (Å²) in [5.41, 5.74) is 13.3. The van der Waals surface area contributed by atoms with E-state index in [1.54, 1.807) is 7.11 Å². The van der Waals surface area contributed by atoms with Gasteiger partial charge in [-0.05, 0) is 24.5 Å². The predicted molar refractivity (Wildman–Crippen MR) is 95.2 cm³/mol. The van der Waals surface area contributed by atoms with Crippen molar-refractivity contribution >= 4 is 23.3 Å². The fourth-order valence-electron chi connectivity index (χ4n) is 2.87. The number of nitrogens with zero attached hydrogens (tertiary/aromatic N) is 3.